The highest BCUT2D eigenvalue weighted by molar-refractivity contribution is 8.27. The molecule has 0 aliphatic carbocycles. The summed E-state index contributed by atoms with van der Waals surface area (Å²) in [6, 6.07) is 15.5. The van der Waals surface area contributed by atoms with E-state index in [4.69, 9.17) is 44.6 Å². The number of thioether (sulfide) groups is 1. The predicted octanol–water partition coefficient (Wildman–Crippen LogP) is 7.62. The molecule has 5 nitrogen and oxygen atoms in total. The van der Waals surface area contributed by atoms with Crippen molar-refractivity contribution in [2.45, 2.75) is 19.8 Å². The quantitative estimate of drug-likeness (QED) is 0.135. The standard InChI is InChI=1S/C25H19Cl2NO4S2/c1-2-3-12-31-24(30)16-6-4-15(5-7-16)21-11-9-18(32-21)14-22-23(29)28(25(33)34-22)17-8-10-19(26)20(27)13-17/h4-11,13-14H,2-3,12H2,1H3/b22-14-. The van der Waals surface area contributed by atoms with Gasteiger partial charge in [0.25, 0.3) is 5.91 Å². The smallest absolute Gasteiger partial charge is 0.338 e. The van der Waals surface area contributed by atoms with E-state index in [1.54, 1.807) is 60.7 Å². The minimum absolute atomic E-state index is 0.266. The van der Waals surface area contributed by atoms with Gasteiger partial charge in [0.1, 0.15) is 11.5 Å². The average molecular weight is 532 g/mol. The van der Waals surface area contributed by atoms with Crippen molar-refractivity contribution in [3.8, 4) is 11.3 Å². The molecule has 0 saturated carbocycles. The van der Waals surface area contributed by atoms with Gasteiger partial charge < -0.3 is 9.15 Å². The predicted molar refractivity (Wildman–Crippen MR) is 141 cm³/mol. The number of thiocarbonyl (C=S) groups is 1. The van der Waals surface area contributed by atoms with Crippen LogP contribution in [0.3, 0.4) is 0 Å². The molecule has 1 aliphatic heterocycles. The number of amides is 1. The van der Waals surface area contributed by atoms with E-state index in [1.807, 2.05) is 6.92 Å². The molecule has 1 saturated heterocycles. The molecule has 2 heterocycles. The summed E-state index contributed by atoms with van der Waals surface area (Å²) < 4.78 is 11.5. The van der Waals surface area contributed by atoms with Crippen LogP contribution < -0.4 is 4.90 Å². The maximum absolute atomic E-state index is 13.0. The van der Waals surface area contributed by atoms with Crippen LogP contribution in [-0.4, -0.2) is 22.8 Å². The monoisotopic (exact) mass is 531 g/mol. The maximum Gasteiger partial charge on any atom is 0.338 e. The molecule has 0 N–H and O–H groups in total. The first-order chi connectivity index (χ1) is 16.4. The van der Waals surface area contributed by atoms with Crippen LogP contribution in [-0.2, 0) is 9.53 Å². The van der Waals surface area contributed by atoms with E-state index in [0.29, 0.717) is 48.6 Å². The van der Waals surface area contributed by atoms with Gasteiger partial charge in [-0.15, -0.1) is 0 Å². The number of benzene rings is 2. The normalized spacial score (nSPS) is 14.8. The van der Waals surface area contributed by atoms with E-state index in [1.165, 1.54) is 16.7 Å². The molecule has 4 rings (SSSR count). The van der Waals surface area contributed by atoms with Crippen LogP contribution in [0.4, 0.5) is 5.69 Å². The van der Waals surface area contributed by atoms with Crippen LogP contribution in [0.5, 0.6) is 0 Å². The van der Waals surface area contributed by atoms with Gasteiger partial charge in [-0.25, -0.2) is 4.79 Å². The largest absolute Gasteiger partial charge is 0.462 e. The highest BCUT2D eigenvalue weighted by Crippen LogP contribution is 2.38. The molecule has 0 bridgehead atoms. The lowest BCUT2D eigenvalue weighted by Gasteiger charge is -2.15. The van der Waals surface area contributed by atoms with Crippen molar-refractivity contribution in [1.82, 2.24) is 0 Å². The number of ether oxygens (including phenoxy) is 1. The van der Waals surface area contributed by atoms with Crippen molar-refractivity contribution in [3.05, 3.63) is 80.9 Å². The average Bonchev–Trinajstić information content (AvgIpc) is 3.40. The molecule has 1 amide bonds. The minimum atomic E-state index is -0.343. The summed E-state index contributed by atoms with van der Waals surface area (Å²) in [5.74, 6) is 0.506. The highest BCUT2D eigenvalue weighted by atomic mass is 35.5. The van der Waals surface area contributed by atoms with Crippen molar-refractivity contribution in [2.24, 2.45) is 0 Å². The van der Waals surface area contributed by atoms with Gasteiger partial charge in [0.2, 0.25) is 0 Å². The number of esters is 1. The third-order valence-electron chi connectivity index (χ3n) is 4.99. The van der Waals surface area contributed by atoms with E-state index in [0.717, 1.165) is 18.4 Å². The molecule has 0 unspecified atom stereocenters. The van der Waals surface area contributed by atoms with Crippen LogP contribution >= 0.6 is 47.2 Å². The lowest BCUT2D eigenvalue weighted by Crippen LogP contribution is -2.27. The summed E-state index contributed by atoms with van der Waals surface area (Å²) in [6.45, 7) is 2.45. The first-order valence-electron chi connectivity index (χ1n) is 10.5. The Kier molecular flexibility index (Phi) is 7.78. The summed E-state index contributed by atoms with van der Waals surface area (Å²) in [6.07, 6.45) is 3.46. The summed E-state index contributed by atoms with van der Waals surface area (Å²) in [5.41, 5.74) is 1.83. The molecule has 0 radical (unpaired) electrons. The number of furan rings is 1. The van der Waals surface area contributed by atoms with Gasteiger partial charge in [0.15, 0.2) is 4.32 Å². The van der Waals surface area contributed by atoms with Gasteiger partial charge in [0.05, 0.1) is 32.8 Å². The first-order valence-corrected chi connectivity index (χ1v) is 12.5. The van der Waals surface area contributed by atoms with E-state index >= 15 is 0 Å². The molecule has 1 aromatic heterocycles. The zero-order valence-electron chi connectivity index (χ0n) is 18.0. The second-order valence-corrected chi connectivity index (χ2v) is 9.87. The van der Waals surface area contributed by atoms with E-state index < -0.39 is 0 Å². The second-order valence-electron chi connectivity index (χ2n) is 7.38. The van der Waals surface area contributed by atoms with Crippen LogP contribution in [0.25, 0.3) is 17.4 Å². The number of hydrogen-bond donors (Lipinski definition) is 0. The van der Waals surface area contributed by atoms with Crippen molar-refractivity contribution in [2.75, 3.05) is 11.5 Å². The summed E-state index contributed by atoms with van der Waals surface area (Å²) in [4.78, 5) is 26.9. The number of hydrogen-bond acceptors (Lipinski definition) is 6. The number of carbonyl (C=O) groups excluding carboxylic acids is 2. The molecule has 3 aromatic rings. The summed E-state index contributed by atoms with van der Waals surface area (Å²) in [7, 11) is 0. The van der Waals surface area contributed by atoms with Crippen molar-refractivity contribution < 1.29 is 18.7 Å². The molecule has 1 fully saturated rings. The molecule has 174 valence electrons. The lowest BCUT2D eigenvalue weighted by molar-refractivity contribution is -0.113. The first kappa shape index (κ1) is 24.5. The van der Waals surface area contributed by atoms with Gasteiger partial charge in [-0.3, -0.25) is 9.69 Å². The van der Waals surface area contributed by atoms with E-state index in [-0.39, 0.29) is 11.9 Å². The van der Waals surface area contributed by atoms with Gasteiger partial charge in [-0.1, -0.05) is 72.7 Å². The SMILES string of the molecule is CCCCOC(=O)c1ccc(-c2ccc(/C=C3\SC(=S)N(c4ccc(Cl)c(Cl)c4)C3=O)o2)cc1. The highest BCUT2D eigenvalue weighted by Gasteiger charge is 2.33. The van der Waals surface area contributed by atoms with Crippen LogP contribution in [0.1, 0.15) is 35.9 Å². The van der Waals surface area contributed by atoms with Crippen LogP contribution in [0, 0.1) is 0 Å². The minimum Gasteiger partial charge on any atom is -0.462 e. The number of halogens is 2. The third-order valence-corrected chi connectivity index (χ3v) is 7.03. The van der Waals surface area contributed by atoms with E-state index in [9.17, 15) is 9.59 Å². The molecule has 0 atom stereocenters. The molecule has 1 aliphatic rings. The molecule has 9 heteroatoms. The summed E-state index contributed by atoms with van der Waals surface area (Å²) >= 11 is 18.7. The third kappa shape index (κ3) is 5.39. The zero-order valence-corrected chi connectivity index (χ0v) is 21.2. The number of carbonyl (C=O) groups is 2. The fourth-order valence-electron chi connectivity index (χ4n) is 3.19. The number of unbranched alkanes of at least 4 members (excludes halogenated alkanes) is 1. The Balaban J connectivity index is 1.48. The Bertz CT molecular complexity index is 1280. The van der Waals surface area contributed by atoms with Gasteiger partial charge in [0, 0.05) is 11.6 Å². The Hall–Kier alpha value is -2.58. The lowest BCUT2D eigenvalue weighted by atomic mass is 10.1. The zero-order chi connectivity index (χ0) is 24.2. The maximum atomic E-state index is 13.0. The Labute approximate surface area is 216 Å². The van der Waals surface area contributed by atoms with Crippen LogP contribution in [0.15, 0.2) is 63.9 Å². The fraction of sp³-hybridized carbons (Fsp3) is 0.160. The van der Waals surface area contributed by atoms with Crippen molar-refractivity contribution in [1.29, 1.82) is 0 Å². The molecule has 2 aromatic carbocycles. The van der Waals surface area contributed by atoms with E-state index in [2.05, 4.69) is 0 Å². The second kappa shape index (κ2) is 10.8. The van der Waals surface area contributed by atoms with Crippen LogP contribution in [0.2, 0.25) is 10.0 Å². The molecular weight excluding hydrogens is 513 g/mol. The Morgan fingerprint density at radius 2 is 1.88 bits per heavy atom. The van der Waals surface area contributed by atoms with Gasteiger partial charge >= 0.3 is 5.97 Å². The molecular formula is C25H19Cl2NO4S2. The van der Waals surface area contributed by atoms with Gasteiger partial charge in [-0.05, 0) is 48.9 Å². The molecule has 34 heavy (non-hydrogen) atoms. The number of rotatable bonds is 7. The number of nitrogens with zero attached hydrogens (tertiary/aromatic N) is 1. The fourth-order valence-corrected chi connectivity index (χ4v) is 4.76. The Morgan fingerprint density at radius 1 is 1.12 bits per heavy atom. The summed E-state index contributed by atoms with van der Waals surface area (Å²) in [5, 5.41) is 0.740. The van der Waals surface area contributed by atoms with Crippen molar-refractivity contribution in [3.63, 3.8) is 0 Å². The van der Waals surface area contributed by atoms with Gasteiger partial charge in [-0.2, -0.15) is 0 Å². The molecule has 0 spiro atoms. The topological polar surface area (TPSA) is 59.8 Å². The Morgan fingerprint density at radius 3 is 2.59 bits per heavy atom. The van der Waals surface area contributed by atoms with Crippen molar-refractivity contribution >= 4 is 75.1 Å². The number of anilines is 1.